The fourth-order valence-corrected chi connectivity index (χ4v) is 6.04. The summed E-state index contributed by atoms with van der Waals surface area (Å²) in [6.45, 7) is 0. The second kappa shape index (κ2) is 6.53. The Hall–Kier alpha value is -1.16. The molecule has 2 fully saturated rings. The number of hydrogen-bond donors (Lipinski definition) is 1. The Bertz CT molecular complexity index is 855. The van der Waals surface area contributed by atoms with Crippen molar-refractivity contribution in [1.29, 1.82) is 0 Å². The monoisotopic (exact) mass is 388 g/mol. The van der Waals surface area contributed by atoms with E-state index in [2.05, 4.69) is 5.32 Å². The van der Waals surface area contributed by atoms with E-state index in [1.807, 2.05) is 0 Å². The van der Waals surface area contributed by atoms with Gasteiger partial charge < -0.3 is 10.1 Å². The van der Waals surface area contributed by atoms with E-state index in [1.165, 1.54) is 29.6 Å². The molecule has 0 spiro atoms. The Morgan fingerprint density at radius 3 is 2.24 bits per heavy atom. The molecule has 1 aromatic carbocycles. The van der Waals surface area contributed by atoms with Crippen LogP contribution in [0, 0.1) is 0 Å². The van der Waals surface area contributed by atoms with Crippen LogP contribution in [0.1, 0.15) is 25.7 Å². The van der Waals surface area contributed by atoms with Crippen LogP contribution in [0.4, 0.5) is 0 Å². The molecule has 0 aromatic heterocycles. The van der Waals surface area contributed by atoms with E-state index in [-0.39, 0.29) is 21.6 Å². The Kier molecular flexibility index (Phi) is 4.87. The summed E-state index contributed by atoms with van der Waals surface area (Å²) in [5.74, 6) is 0.149. The lowest BCUT2D eigenvalue weighted by Crippen LogP contribution is -2.48. The molecular formula is C16H24N2O5S2. The molecule has 2 bridgehead atoms. The van der Waals surface area contributed by atoms with Crippen LogP contribution in [0.25, 0.3) is 0 Å². The van der Waals surface area contributed by atoms with Crippen molar-refractivity contribution < 1.29 is 21.6 Å². The highest BCUT2D eigenvalue weighted by atomic mass is 32.2. The van der Waals surface area contributed by atoms with Gasteiger partial charge in [-0.3, -0.25) is 0 Å². The zero-order valence-electron chi connectivity index (χ0n) is 14.6. The standard InChI is InChI=1S/C16H24N2O5S2/c1-18(13-8-11-4-5-12(9-13)17-11)25(21,22)16-10-14(24(3,19)20)6-7-15(16)23-2/h6-7,10-13,17H,4-5,8-9H2,1-3H3. The number of sulfone groups is 1. The summed E-state index contributed by atoms with van der Waals surface area (Å²) in [5, 5.41) is 3.49. The second-order valence-electron chi connectivity index (χ2n) is 6.87. The number of sulfonamides is 1. The number of fused-ring (bicyclic) bond motifs is 2. The molecule has 2 heterocycles. The summed E-state index contributed by atoms with van der Waals surface area (Å²) in [6.07, 6.45) is 4.73. The number of hydrogen-bond acceptors (Lipinski definition) is 6. The van der Waals surface area contributed by atoms with Crippen LogP contribution in [0.3, 0.4) is 0 Å². The van der Waals surface area contributed by atoms with Gasteiger partial charge in [-0.25, -0.2) is 16.8 Å². The number of benzene rings is 1. The zero-order valence-corrected chi connectivity index (χ0v) is 16.2. The van der Waals surface area contributed by atoms with Gasteiger partial charge in [0.15, 0.2) is 9.84 Å². The average Bonchev–Trinajstić information content (AvgIpc) is 2.90. The van der Waals surface area contributed by atoms with Crippen molar-refractivity contribution >= 4 is 19.9 Å². The predicted molar refractivity (Wildman–Crippen MR) is 94.0 cm³/mol. The molecule has 25 heavy (non-hydrogen) atoms. The molecule has 1 aromatic rings. The van der Waals surface area contributed by atoms with E-state index in [1.54, 1.807) is 7.05 Å². The van der Waals surface area contributed by atoms with E-state index in [9.17, 15) is 16.8 Å². The van der Waals surface area contributed by atoms with E-state index in [4.69, 9.17) is 4.74 Å². The van der Waals surface area contributed by atoms with Gasteiger partial charge in [0.05, 0.1) is 12.0 Å². The molecule has 2 aliphatic heterocycles. The normalized spacial score (nSPS) is 26.8. The fraction of sp³-hybridized carbons (Fsp3) is 0.625. The van der Waals surface area contributed by atoms with Crippen molar-refractivity contribution in [3.63, 3.8) is 0 Å². The molecule has 0 aliphatic carbocycles. The number of ether oxygens (including phenoxy) is 1. The van der Waals surface area contributed by atoms with Gasteiger partial charge in [0.2, 0.25) is 10.0 Å². The molecule has 2 saturated heterocycles. The van der Waals surface area contributed by atoms with Crippen molar-refractivity contribution in [2.24, 2.45) is 0 Å². The van der Waals surface area contributed by atoms with Crippen LogP contribution in [-0.2, 0) is 19.9 Å². The highest BCUT2D eigenvalue weighted by Gasteiger charge is 2.39. The van der Waals surface area contributed by atoms with Gasteiger partial charge in [0, 0.05) is 31.4 Å². The highest BCUT2D eigenvalue weighted by Crippen LogP contribution is 2.34. The Morgan fingerprint density at radius 2 is 1.72 bits per heavy atom. The van der Waals surface area contributed by atoms with Gasteiger partial charge in [-0.1, -0.05) is 0 Å². The third-order valence-electron chi connectivity index (χ3n) is 5.18. The van der Waals surface area contributed by atoms with E-state index < -0.39 is 19.9 Å². The first kappa shape index (κ1) is 18.6. The van der Waals surface area contributed by atoms with E-state index >= 15 is 0 Å². The summed E-state index contributed by atoms with van der Waals surface area (Å²) in [4.78, 5) is -0.142. The minimum absolute atomic E-state index is 0.0364. The topological polar surface area (TPSA) is 92.8 Å². The minimum Gasteiger partial charge on any atom is -0.495 e. The third kappa shape index (κ3) is 3.55. The molecule has 2 unspecified atom stereocenters. The lowest BCUT2D eigenvalue weighted by atomic mass is 10.0. The molecule has 7 nitrogen and oxygen atoms in total. The maximum atomic E-state index is 13.2. The molecule has 2 aliphatic rings. The lowest BCUT2D eigenvalue weighted by Gasteiger charge is -2.35. The molecular weight excluding hydrogens is 364 g/mol. The number of rotatable bonds is 5. The van der Waals surface area contributed by atoms with Gasteiger partial charge >= 0.3 is 0 Å². The first-order valence-electron chi connectivity index (χ1n) is 8.25. The maximum Gasteiger partial charge on any atom is 0.246 e. The van der Waals surface area contributed by atoms with Gasteiger partial charge in [0.1, 0.15) is 10.6 Å². The highest BCUT2D eigenvalue weighted by molar-refractivity contribution is 7.91. The van der Waals surface area contributed by atoms with Crippen molar-refractivity contribution in [3.05, 3.63) is 18.2 Å². The van der Waals surface area contributed by atoms with Gasteiger partial charge in [-0.15, -0.1) is 0 Å². The zero-order chi connectivity index (χ0) is 18.4. The SMILES string of the molecule is COc1ccc(S(C)(=O)=O)cc1S(=O)(=O)N(C)C1CC2CCC(C1)N2. The predicted octanol–water partition coefficient (Wildman–Crippen LogP) is 1.00. The first-order valence-corrected chi connectivity index (χ1v) is 11.6. The number of methoxy groups -OCH3 is 1. The van der Waals surface area contributed by atoms with Crippen LogP contribution in [0.2, 0.25) is 0 Å². The third-order valence-corrected chi connectivity index (χ3v) is 8.22. The summed E-state index contributed by atoms with van der Waals surface area (Å²) >= 11 is 0. The lowest BCUT2D eigenvalue weighted by molar-refractivity contribution is 0.251. The van der Waals surface area contributed by atoms with Crippen LogP contribution in [0.15, 0.2) is 28.0 Å². The quantitative estimate of drug-likeness (QED) is 0.809. The fourth-order valence-electron chi connectivity index (χ4n) is 3.76. The molecule has 9 heteroatoms. The molecule has 0 saturated carbocycles. The average molecular weight is 389 g/mol. The molecule has 140 valence electrons. The van der Waals surface area contributed by atoms with Crippen molar-refractivity contribution in [2.75, 3.05) is 20.4 Å². The Labute approximate surface area is 149 Å². The van der Waals surface area contributed by atoms with Gasteiger partial charge in [-0.05, 0) is 43.9 Å². The molecule has 0 radical (unpaired) electrons. The van der Waals surface area contributed by atoms with Crippen molar-refractivity contribution in [3.8, 4) is 5.75 Å². The molecule has 0 amide bonds. The number of nitrogens with zero attached hydrogens (tertiary/aromatic N) is 1. The number of piperidine rings is 1. The van der Waals surface area contributed by atoms with Crippen molar-refractivity contribution in [1.82, 2.24) is 9.62 Å². The maximum absolute atomic E-state index is 13.2. The van der Waals surface area contributed by atoms with Crippen molar-refractivity contribution in [2.45, 2.75) is 53.6 Å². The second-order valence-corrected chi connectivity index (χ2v) is 10.9. The minimum atomic E-state index is -3.87. The van der Waals surface area contributed by atoms with Gasteiger partial charge in [0.25, 0.3) is 0 Å². The van der Waals surface area contributed by atoms with Crippen LogP contribution in [0.5, 0.6) is 5.75 Å². The number of nitrogens with one attached hydrogen (secondary N) is 1. The summed E-state index contributed by atoms with van der Waals surface area (Å²) in [7, 11) is -4.44. The first-order chi connectivity index (χ1) is 11.6. The molecule has 1 N–H and O–H groups in total. The summed E-state index contributed by atoms with van der Waals surface area (Å²) < 4.78 is 56.5. The largest absolute Gasteiger partial charge is 0.495 e. The Morgan fingerprint density at radius 1 is 1.12 bits per heavy atom. The molecule has 3 rings (SSSR count). The van der Waals surface area contributed by atoms with E-state index in [0.717, 1.165) is 31.9 Å². The molecule has 2 atom stereocenters. The Balaban J connectivity index is 1.98. The van der Waals surface area contributed by atoms with Crippen LogP contribution < -0.4 is 10.1 Å². The van der Waals surface area contributed by atoms with Crippen LogP contribution in [-0.4, -0.2) is 59.7 Å². The summed E-state index contributed by atoms with van der Waals surface area (Å²) in [6, 6.07) is 4.54. The van der Waals surface area contributed by atoms with Gasteiger partial charge in [-0.2, -0.15) is 4.31 Å². The summed E-state index contributed by atoms with van der Waals surface area (Å²) in [5.41, 5.74) is 0. The smallest absolute Gasteiger partial charge is 0.246 e. The van der Waals surface area contributed by atoms with E-state index in [0.29, 0.717) is 12.1 Å². The van der Waals surface area contributed by atoms with Crippen LogP contribution >= 0.6 is 0 Å².